The molecule has 0 saturated carbocycles. The van der Waals surface area contributed by atoms with Crippen LogP contribution in [0, 0.1) is 0 Å². The smallest absolute Gasteiger partial charge is 0.300 e. The molecule has 1 N–H and O–H groups in total. The molecule has 0 aromatic heterocycles. The molecule has 1 amide bonds. The Morgan fingerprint density at radius 2 is 1.63 bits per heavy atom. The van der Waals surface area contributed by atoms with Crippen molar-refractivity contribution in [1.29, 1.82) is 0 Å². The Hall–Kier alpha value is -4.06. The summed E-state index contributed by atoms with van der Waals surface area (Å²) in [6.45, 7) is 4.06. The summed E-state index contributed by atoms with van der Waals surface area (Å²) >= 11 is 0. The molecule has 1 aliphatic heterocycles. The van der Waals surface area contributed by atoms with Crippen molar-refractivity contribution < 1.29 is 19.4 Å². The van der Waals surface area contributed by atoms with Gasteiger partial charge < -0.3 is 14.7 Å². The highest BCUT2D eigenvalue weighted by Crippen LogP contribution is 2.43. The first-order chi connectivity index (χ1) is 16.7. The summed E-state index contributed by atoms with van der Waals surface area (Å²) in [5, 5.41) is 11.4. The van der Waals surface area contributed by atoms with Gasteiger partial charge in [0.05, 0.1) is 18.7 Å². The van der Waals surface area contributed by atoms with E-state index in [2.05, 4.69) is 0 Å². The van der Waals surface area contributed by atoms with Gasteiger partial charge in [0.15, 0.2) is 0 Å². The second-order valence-electron chi connectivity index (χ2n) is 9.10. The lowest BCUT2D eigenvalue weighted by Crippen LogP contribution is -2.29. The fourth-order valence-electron chi connectivity index (χ4n) is 4.45. The van der Waals surface area contributed by atoms with Crippen molar-refractivity contribution in [2.75, 3.05) is 31.0 Å². The number of nitrogens with zero attached hydrogens (tertiary/aromatic N) is 2. The molecule has 1 unspecified atom stereocenters. The van der Waals surface area contributed by atoms with Crippen LogP contribution in [0.5, 0.6) is 5.75 Å². The maximum absolute atomic E-state index is 13.4. The molecular formula is C29H30N2O4. The molecule has 1 aliphatic rings. The largest absolute Gasteiger partial charge is 0.507 e. The second kappa shape index (κ2) is 9.66. The maximum Gasteiger partial charge on any atom is 0.300 e. The number of methoxy groups -OCH3 is 1. The van der Waals surface area contributed by atoms with Gasteiger partial charge in [0.25, 0.3) is 11.7 Å². The summed E-state index contributed by atoms with van der Waals surface area (Å²) in [4.78, 5) is 30.1. The van der Waals surface area contributed by atoms with Gasteiger partial charge in [0.2, 0.25) is 0 Å². The molecule has 3 aromatic carbocycles. The number of hydrogen-bond donors (Lipinski definition) is 1. The van der Waals surface area contributed by atoms with E-state index in [1.807, 2.05) is 81.4 Å². The van der Waals surface area contributed by atoms with Gasteiger partial charge in [0, 0.05) is 31.0 Å². The topological polar surface area (TPSA) is 70.1 Å². The van der Waals surface area contributed by atoms with E-state index < -0.39 is 17.7 Å². The summed E-state index contributed by atoms with van der Waals surface area (Å²) < 4.78 is 5.47. The number of ether oxygens (including phenoxy) is 1. The van der Waals surface area contributed by atoms with E-state index in [1.54, 1.807) is 31.4 Å². The minimum Gasteiger partial charge on any atom is -0.507 e. The molecule has 35 heavy (non-hydrogen) atoms. The molecule has 1 saturated heterocycles. The van der Waals surface area contributed by atoms with Crippen molar-refractivity contribution in [2.45, 2.75) is 25.8 Å². The van der Waals surface area contributed by atoms with E-state index >= 15 is 0 Å². The van der Waals surface area contributed by atoms with E-state index in [9.17, 15) is 14.7 Å². The van der Waals surface area contributed by atoms with Gasteiger partial charge in [0.1, 0.15) is 11.5 Å². The Labute approximate surface area is 206 Å². The SMILES string of the molecule is COc1ccc(/C(O)=C2/C(=O)C(=O)N(c3ccccc3)C2c2ccc(N(C)C)cc2)cc1C(C)C. The van der Waals surface area contributed by atoms with E-state index in [0.29, 0.717) is 17.0 Å². The van der Waals surface area contributed by atoms with Crippen LogP contribution in [-0.2, 0) is 9.59 Å². The maximum atomic E-state index is 13.4. The van der Waals surface area contributed by atoms with Crippen LogP contribution in [0.25, 0.3) is 5.76 Å². The molecule has 1 heterocycles. The molecule has 1 fully saturated rings. The Morgan fingerprint density at radius 3 is 2.20 bits per heavy atom. The predicted molar refractivity (Wildman–Crippen MR) is 139 cm³/mol. The first-order valence-corrected chi connectivity index (χ1v) is 11.6. The fourth-order valence-corrected chi connectivity index (χ4v) is 4.45. The number of Topliss-reactive ketones (excluding diaryl/α,β-unsaturated/α-hetero) is 1. The van der Waals surface area contributed by atoms with Gasteiger partial charge in [-0.15, -0.1) is 0 Å². The van der Waals surface area contributed by atoms with Gasteiger partial charge in [-0.25, -0.2) is 0 Å². The number of ketones is 1. The number of carbonyl (C=O) groups is 2. The molecule has 0 aliphatic carbocycles. The number of aliphatic hydroxyl groups is 1. The van der Waals surface area contributed by atoms with Gasteiger partial charge in [-0.3, -0.25) is 14.5 Å². The van der Waals surface area contributed by atoms with Crippen molar-refractivity contribution in [1.82, 2.24) is 0 Å². The average molecular weight is 471 g/mol. The van der Waals surface area contributed by atoms with Crippen LogP contribution in [0.3, 0.4) is 0 Å². The van der Waals surface area contributed by atoms with Crippen molar-refractivity contribution >= 4 is 28.8 Å². The highest BCUT2D eigenvalue weighted by Gasteiger charge is 2.47. The lowest BCUT2D eigenvalue weighted by atomic mass is 9.93. The molecule has 6 heteroatoms. The highest BCUT2D eigenvalue weighted by atomic mass is 16.5. The summed E-state index contributed by atoms with van der Waals surface area (Å²) in [5.74, 6) is -0.740. The molecule has 1 atom stereocenters. The second-order valence-corrected chi connectivity index (χ2v) is 9.10. The van der Waals surface area contributed by atoms with Crippen molar-refractivity contribution in [2.24, 2.45) is 0 Å². The van der Waals surface area contributed by atoms with Crippen LogP contribution >= 0.6 is 0 Å². The fraction of sp³-hybridized carbons (Fsp3) is 0.241. The Morgan fingerprint density at radius 1 is 0.971 bits per heavy atom. The minimum atomic E-state index is -0.766. The van der Waals surface area contributed by atoms with Crippen LogP contribution in [0.2, 0.25) is 0 Å². The van der Waals surface area contributed by atoms with E-state index in [-0.39, 0.29) is 17.3 Å². The molecular weight excluding hydrogens is 440 g/mol. The number of anilines is 2. The number of carbonyl (C=O) groups excluding carboxylic acids is 2. The Bertz CT molecular complexity index is 1280. The van der Waals surface area contributed by atoms with Crippen LogP contribution < -0.4 is 14.5 Å². The molecule has 0 spiro atoms. The van der Waals surface area contributed by atoms with Crippen LogP contribution in [-0.4, -0.2) is 38.0 Å². The summed E-state index contributed by atoms with van der Waals surface area (Å²) in [6, 6.07) is 21.3. The Kier molecular flexibility index (Phi) is 6.65. The lowest BCUT2D eigenvalue weighted by Gasteiger charge is -2.26. The zero-order valence-electron chi connectivity index (χ0n) is 20.6. The number of para-hydroxylation sites is 1. The van der Waals surface area contributed by atoms with Crippen molar-refractivity contribution in [3.05, 3.63) is 95.1 Å². The summed E-state index contributed by atoms with van der Waals surface area (Å²) in [5.41, 5.74) is 3.75. The number of hydrogen-bond acceptors (Lipinski definition) is 5. The monoisotopic (exact) mass is 470 g/mol. The average Bonchev–Trinajstić information content (AvgIpc) is 3.13. The quantitative estimate of drug-likeness (QED) is 0.292. The number of aliphatic hydroxyl groups excluding tert-OH is 1. The van der Waals surface area contributed by atoms with Crippen LogP contribution in [0.1, 0.15) is 42.5 Å². The third-order valence-corrected chi connectivity index (χ3v) is 6.33. The number of benzene rings is 3. The van der Waals surface area contributed by atoms with Crippen molar-refractivity contribution in [3.63, 3.8) is 0 Å². The van der Waals surface area contributed by atoms with E-state index in [4.69, 9.17) is 4.74 Å². The van der Waals surface area contributed by atoms with Gasteiger partial charge >= 0.3 is 0 Å². The molecule has 4 rings (SSSR count). The Balaban J connectivity index is 1.93. The van der Waals surface area contributed by atoms with Crippen LogP contribution in [0.4, 0.5) is 11.4 Å². The third kappa shape index (κ3) is 4.39. The molecule has 6 nitrogen and oxygen atoms in total. The highest BCUT2D eigenvalue weighted by molar-refractivity contribution is 6.51. The lowest BCUT2D eigenvalue weighted by molar-refractivity contribution is -0.132. The predicted octanol–water partition coefficient (Wildman–Crippen LogP) is 5.51. The van der Waals surface area contributed by atoms with Gasteiger partial charge in [-0.1, -0.05) is 44.2 Å². The van der Waals surface area contributed by atoms with E-state index in [1.165, 1.54) is 4.90 Å². The zero-order chi connectivity index (χ0) is 25.3. The number of rotatable bonds is 6. The first kappa shape index (κ1) is 24.1. The number of amides is 1. The standard InChI is InChI=1S/C29H30N2O4/c1-18(2)23-17-20(13-16-24(23)35-5)27(32)25-26(19-11-14-21(15-12-19)30(3)4)31(29(34)28(25)33)22-9-7-6-8-10-22/h6-18,26,32H,1-5H3/b27-25-. The molecule has 0 bridgehead atoms. The van der Waals surface area contributed by atoms with E-state index in [0.717, 1.165) is 16.8 Å². The summed E-state index contributed by atoms with van der Waals surface area (Å²) in [6.07, 6.45) is 0. The minimum absolute atomic E-state index is 0.0660. The van der Waals surface area contributed by atoms with Gasteiger partial charge in [-0.05, 0) is 59.5 Å². The molecule has 180 valence electrons. The van der Waals surface area contributed by atoms with Crippen LogP contribution in [0.15, 0.2) is 78.4 Å². The third-order valence-electron chi connectivity index (χ3n) is 6.33. The normalized spacial score (nSPS) is 17.2. The summed E-state index contributed by atoms with van der Waals surface area (Å²) in [7, 11) is 5.49. The first-order valence-electron chi connectivity index (χ1n) is 11.6. The van der Waals surface area contributed by atoms with Crippen molar-refractivity contribution in [3.8, 4) is 5.75 Å². The van der Waals surface area contributed by atoms with Gasteiger partial charge in [-0.2, -0.15) is 0 Å². The molecule has 3 aromatic rings. The molecule has 0 radical (unpaired) electrons. The zero-order valence-corrected chi connectivity index (χ0v) is 20.6.